The molecule has 0 bridgehead atoms. The lowest BCUT2D eigenvalue weighted by Gasteiger charge is -2.30. The van der Waals surface area contributed by atoms with E-state index in [1.165, 1.54) is 0 Å². The van der Waals surface area contributed by atoms with Crippen LogP contribution in [0.15, 0.2) is 24.3 Å². The average molecular weight is 289 g/mol. The van der Waals surface area contributed by atoms with E-state index in [9.17, 15) is 9.59 Å². The lowest BCUT2D eigenvalue weighted by molar-refractivity contribution is -0.120. The minimum atomic E-state index is -0.421. The molecule has 2 aliphatic heterocycles. The number of hydrogen-bond donors (Lipinski definition) is 2. The van der Waals surface area contributed by atoms with Gasteiger partial charge in [0, 0.05) is 25.3 Å². The van der Waals surface area contributed by atoms with E-state index in [-0.39, 0.29) is 11.8 Å². The highest BCUT2D eigenvalue weighted by Crippen LogP contribution is 2.21. The second-order valence-corrected chi connectivity index (χ2v) is 5.22. The minimum Gasteiger partial charge on any atom is -0.378 e. The smallest absolute Gasteiger partial charge is 0.254 e. The summed E-state index contributed by atoms with van der Waals surface area (Å²) in [5.41, 5.74) is 1.51. The number of anilines is 1. The Morgan fingerprint density at radius 2 is 2.05 bits per heavy atom. The number of carbonyl (C=O) groups is 2. The number of amides is 2. The van der Waals surface area contributed by atoms with Gasteiger partial charge in [0.1, 0.15) is 6.04 Å². The van der Waals surface area contributed by atoms with Crippen LogP contribution in [0, 0.1) is 0 Å². The number of rotatable bonds is 3. The minimum absolute atomic E-state index is 0.104. The van der Waals surface area contributed by atoms with E-state index in [4.69, 9.17) is 4.74 Å². The predicted octanol–water partition coefficient (Wildman–Crippen LogP) is 0.141. The molecule has 2 fully saturated rings. The summed E-state index contributed by atoms with van der Waals surface area (Å²) in [5, 5.41) is 5.54. The Morgan fingerprint density at radius 1 is 1.29 bits per heavy atom. The van der Waals surface area contributed by atoms with E-state index in [2.05, 4.69) is 15.5 Å². The normalized spacial score (nSPS) is 22.0. The quantitative estimate of drug-likeness (QED) is 0.830. The standard InChI is InChI=1S/C15H19N3O3/c19-14(17-12-5-6-16-15(12)20)11-3-1-2-4-13(11)18-7-9-21-10-8-18/h1-4,12H,5-10H2,(H,16,20)(H,17,19). The zero-order valence-electron chi connectivity index (χ0n) is 11.8. The molecule has 2 aliphatic rings. The third kappa shape index (κ3) is 3.00. The number of morpholine rings is 1. The van der Waals surface area contributed by atoms with Crippen LogP contribution in [-0.2, 0) is 9.53 Å². The van der Waals surface area contributed by atoms with Gasteiger partial charge in [-0.2, -0.15) is 0 Å². The van der Waals surface area contributed by atoms with Crippen molar-refractivity contribution in [3.8, 4) is 0 Å². The summed E-state index contributed by atoms with van der Waals surface area (Å²) in [4.78, 5) is 26.2. The van der Waals surface area contributed by atoms with Gasteiger partial charge in [0.25, 0.3) is 5.91 Å². The van der Waals surface area contributed by atoms with Gasteiger partial charge in [-0.05, 0) is 18.6 Å². The van der Waals surface area contributed by atoms with Crippen LogP contribution in [0.5, 0.6) is 0 Å². The molecule has 1 unspecified atom stereocenters. The molecule has 2 heterocycles. The second-order valence-electron chi connectivity index (χ2n) is 5.22. The molecule has 2 N–H and O–H groups in total. The van der Waals surface area contributed by atoms with Crippen molar-refractivity contribution < 1.29 is 14.3 Å². The fourth-order valence-corrected chi connectivity index (χ4v) is 2.71. The van der Waals surface area contributed by atoms with Crippen LogP contribution in [0.1, 0.15) is 16.8 Å². The van der Waals surface area contributed by atoms with Gasteiger partial charge in [-0.15, -0.1) is 0 Å². The van der Waals surface area contributed by atoms with Gasteiger partial charge in [-0.1, -0.05) is 12.1 Å². The van der Waals surface area contributed by atoms with E-state index in [1.54, 1.807) is 6.07 Å². The van der Waals surface area contributed by atoms with Crippen molar-refractivity contribution in [2.45, 2.75) is 12.5 Å². The molecule has 6 nitrogen and oxygen atoms in total. The first-order valence-electron chi connectivity index (χ1n) is 7.26. The maximum Gasteiger partial charge on any atom is 0.254 e. The highest BCUT2D eigenvalue weighted by atomic mass is 16.5. The molecule has 21 heavy (non-hydrogen) atoms. The molecule has 1 aromatic carbocycles. The molecule has 2 saturated heterocycles. The molecule has 1 atom stereocenters. The van der Waals surface area contributed by atoms with Crippen molar-refractivity contribution in [3.63, 3.8) is 0 Å². The Morgan fingerprint density at radius 3 is 2.76 bits per heavy atom. The average Bonchev–Trinajstić information content (AvgIpc) is 2.93. The largest absolute Gasteiger partial charge is 0.378 e. The number of hydrogen-bond acceptors (Lipinski definition) is 4. The predicted molar refractivity (Wildman–Crippen MR) is 78.4 cm³/mol. The Kier molecular flexibility index (Phi) is 4.06. The fraction of sp³-hybridized carbons (Fsp3) is 0.467. The molecule has 3 rings (SSSR count). The molecule has 0 radical (unpaired) electrons. The van der Waals surface area contributed by atoms with Gasteiger partial charge in [0.05, 0.1) is 18.8 Å². The van der Waals surface area contributed by atoms with Gasteiger partial charge in [0.15, 0.2) is 0 Å². The Labute approximate surface area is 123 Å². The number of para-hydroxylation sites is 1. The summed E-state index contributed by atoms with van der Waals surface area (Å²) in [6.07, 6.45) is 0.643. The van der Waals surface area contributed by atoms with Crippen molar-refractivity contribution in [3.05, 3.63) is 29.8 Å². The van der Waals surface area contributed by atoms with E-state index in [1.807, 2.05) is 18.2 Å². The third-order valence-electron chi connectivity index (χ3n) is 3.85. The van der Waals surface area contributed by atoms with E-state index >= 15 is 0 Å². The first kappa shape index (κ1) is 13.9. The summed E-state index contributed by atoms with van der Waals surface area (Å²) in [6, 6.07) is 7.08. The van der Waals surface area contributed by atoms with Gasteiger partial charge in [0.2, 0.25) is 5.91 Å². The first-order chi connectivity index (χ1) is 10.3. The van der Waals surface area contributed by atoms with Crippen molar-refractivity contribution >= 4 is 17.5 Å². The third-order valence-corrected chi connectivity index (χ3v) is 3.85. The molecule has 0 spiro atoms. The molecule has 1 aromatic rings. The highest BCUT2D eigenvalue weighted by Gasteiger charge is 2.27. The Bertz CT molecular complexity index is 541. The number of ether oxygens (including phenoxy) is 1. The lowest BCUT2D eigenvalue weighted by atomic mass is 10.1. The van der Waals surface area contributed by atoms with Gasteiger partial charge in [-0.25, -0.2) is 0 Å². The molecule has 112 valence electrons. The van der Waals surface area contributed by atoms with Crippen LogP contribution in [0.4, 0.5) is 5.69 Å². The number of nitrogens with one attached hydrogen (secondary N) is 2. The Hall–Kier alpha value is -2.08. The maximum absolute atomic E-state index is 12.5. The van der Waals surface area contributed by atoms with Gasteiger partial charge in [-0.3, -0.25) is 9.59 Å². The summed E-state index contributed by atoms with van der Waals surface area (Å²) in [6.45, 7) is 3.50. The van der Waals surface area contributed by atoms with Crippen LogP contribution in [-0.4, -0.2) is 50.7 Å². The van der Waals surface area contributed by atoms with E-state index in [0.29, 0.717) is 31.7 Å². The zero-order chi connectivity index (χ0) is 14.7. The topological polar surface area (TPSA) is 70.7 Å². The highest BCUT2D eigenvalue weighted by molar-refractivity contribution is 6.02. The van der Waals surface area contributed by atoms with E-state index < -0.39 is 6.04 Å². The van der Waals surface area contributed by atoms with Crippen molar-refractivity contribution in [1.82, 2.24) is 10.6 Å². The Balaban J connectivity index is 1.77. The molecular formula is C15H19N3O3. The number of benzene rings is 1. The summed E-state index contributed by atoms with van der Waals surface area (Å²) >= 11 is 0. The summed E-state index contributed by atoms with van der Waals surface area (Å²) in [5.74, 6) is -0.300. The molecule has 0 aliphatic carbocycles. The van der Waals surface area contributed by atoms with Crippen molar-refractivity contribution in [2.24, 2.45) is 0 Å². The molecule has 0 aromatic heterocycles. The number of carbonyl (C=O) groups excluding carboxylic acids is 2. The maximum atomic E-state index is 12.5. The van der Waals surface area contributed by atoms with Crippen LogP contribution in [0.25, 0.3) is 0 Å². The summed E-state index contributed by atoms with van der Waals surface area (Å²) in [7, 11) is 0. The first-order valence-corrected chi connectivity index (χ1v) is 7.26. The number of nitrogens with zero attached hydrogens (tertiary/aromatic N) is 1. The van der Waals surface area contributed by atoms with Crippen LogP contribution >= 0.6 is 0 Å². The lowest BCUT2D eigenvalue weighted by Crippen LogP contribution is -2.42. The van der Waals surface area contributed by atoms with Crippen molar-refractivity contribution in [1.29, 1.82) is 0 Å². The molecule has 2 amide bonds. The monoisotopic (exact) mass is 289 g/mol. The summed E-state index contributed by atoms with van der Waals surface area (Å²) < 4.78 is 5.35. The van der Waals surface area contributed by atoms with Crippen LogP contribution in [0.2, 0.25) is 0 Å². The van der Waals surface area contributed by atoms with Crippen LogP contribution in [0.3, 0.4) is 0 Å². The van der Waals surface area contributed by atoms with Gasteiger partial charge < -0.3 is 20.3 Å². The second kappa shape index (κ2) is 6.13. The zero-order valence-corrected chi connectivity index (χ0v) is 11.8. The SMILES string of the molecule is O=C(NC1CCNC1=O)c1ccccc1N1CCOCC1. The molecular weight excluding hydrogens is 270 g/mol. The molecule has 0 saturated carbocycles. The van der Waals surface area contributed by atoms with E-state index in [0.717, 1.165) is 18.8 Å². The fourth-order valence-electron chi connectivity index (χ4n) is 2.71. The van der Waals surface area contributed by atoms with Crippen molar-refractivity contribution in [2.75, 3.05) is 37.7 Å². The molecule has 6 heteroatoms. The van der Waals surface area contributed by atoms with Gasteiger partial charge >= 0.3 is 0 Å². The van der Waals surface area contributed by atoms with Crippen LogP contribution < -0.4 is 15.5 Å².